The molecule has 0 radical (unpaired) electrons. The molecule has 8 aromatic carbocycles. The third kappa shape index (κ3) is 4.25. The topological polar surface area (TPSA) is 80.5 Å². The van der Waals surface area contributed by atoms with E-state index >= 15 is 0 Å². The standard InChI is InChI=1S/C53H29N5O/c54-30-31-21-23-32(24-22-31)50-55-51(33-25-26-39-38-15-5-10-20-48(38)59-49(39)27-33)57-52(56-50)58-46-19-9-4-14-37(46)41-28-45-40(29-47(41)58)36-13-3-8-18-44(36)53(45)42-16-6-1-11-34(42)35-12-2-7-17-43(35)53/h1-29H. The molecule has 6 heteroatoms. The molecule has 0 saturated carbocycles. The van der Waals surface area contributed by atoms with Gasteiger partial charge >= 0.3 is 0 Å². The molecule has 0 aliphatic heterocycles. The zero-order valence-corrected chi connectivity index (χ0v) is 31.4. The molecule has 0 bridgehead atoms. The predicted octanol–water partition coefficient (Wildman–Crippen LogP) is 12.4. The van der Waals surface area contributed by atoms with Crippen LogP contribution in [0.5, 0.6) is 0 Å². The first-order valence-electron chi connectivity index (χ1n) is 19.7. The van der Waals surface area contributed by atoms with Gasteiger partial charge in [0.25, 0.3) is 0 Å². The van der Waals surface area contributed by atoms with Crippen LogP contribution >= 0.6 is 0 Å². The lowest BCUT2D eigenvalue weighted by atomic mass is 9.70. The van der Waals surface area contributed by atoms with Crippen molar-refractivity contribution in [3.05, 3.63) is 204 Å². The third-order valence-corrected chi connectivity index (χ3v) is 12.5. The summed E-state index contributed by atoms with van der Waals surface area (Å²) in [5.41, 5.74) is 15.5. The zero-order valence-electron chi connectivity index (χ0n) is 31.4. The van der Waals surface area contributed by atoms with Gasteiger partial charge in [-0.25, -0.2) is 4.98 Å². The molecule has 0 amide bonds. The van der Waals surface area contributed by atoms with E-state index in [0.717, 1.165) is 54.9 Å². The fraction of sp³-hybridized carbons (Fsp3) is 0.0189. The first-order valence-corrected chi connectivity index (χ1v) is 19.7. The Morgan fingerprint density at radius 2 is 1.02 bits per heavy atom. The van der Waals surface area contributed by atoms with Crippen molar-refractivity contribution in [1.29, 1.82) is 5.26 Å². The first kappa shape index (κ1) is 32.0. The highest BCUT2D eigenvalue weighted by Gasteiger charge is 2.51. The van der Waals surface area contributed by atoms with Crippen LogP contribution in [0.15, 0.2) is 180 Å². The molecule has 3 aromatic heterocycles. The average molecular weight is 752 g/mol. The minimum Gasteiger partial charge on any atom is -0.456 e. The number of para-hydroxylation sites is 2. The van der Waals surface area contributed by atoms with Gasteiger partial charge in [0.2, 0.25) is 5.95 Å². The number of aromatic nitrogens is 4. The van der Waals surface area contributed by atoms with Gasteiger partial charge in [-0.2, -0.15) is 15.2 Å². The summed E-state index contributed by atoms with van der Waals surface area (Å²) >= 11 is 0. The normalized spacial score (nSPS) is 13.2. The minimum absolute atomic E-state index is 0.463. The molecule has 1 spiro atoms. The first-order chi connectivity index (χ1) is 29.2. The summed E-state index contributed by atoms with van der Waals surface area (Å²) in [5, 5.41) is 13.9. The summed E-state index contributed by atoms with van der Waals surface area (Å²) in [5.74, 6) is 1.53. The summed E-state index contributed by atoms with van der Waals surface area (Å²) < 4.78 is 8.51. The Bertz CT molecular complexity index is 3600. The van der Waals surface area contributed by atoms with Crippen LogP contribution in [-0.4, -0.2) is 19.5 Å². The maximum atomic E-state index is 9.59. The second kappa shape index (κ2) is 11.7. The molecular weight excluding hydrogens is 723 g/mol. The average Bonchev–Trinajstić information content (AvgIpc) is 4.01. The highest BCUT2D eigenvalue weighted by Crippen LogP contribution is 2.63. The van der Waals surface area contributed by atoms with Gasteiger partial charge in [-0.15, -0.1) is 0 Å². The minimum atomic E-state index is -0.463. The molecule has 272 valence electrons. The summed E-state index contributed by atoms with van der Waals surface area (Å²) in [6.45, 7) is 0. The number of hydrogen-bond acceptors (Lipinski definition) is 5. The largest absolute Gasteiger partial charge is 0.456 e. The van der Waals surface area contributed by atoms with Crippen molar-refractivity contribution in [2.45, 2.75) is 5.41 Å². The molecule has 2 aliphatic rings. The van der Waals surface area contributed by atoms with E-state index < -0.39 is 5.41 Å². The molecule has 0 N–H and O–H groups in total. The fourth-order valence-electron chi connectivity index (χ4n) is 10.1. The second-order valence-electron chi connectivity index (χ2n) is 15.4. The maximum absolute atomic E-state index is 9.59. The number of fused-ring (bicyclic) bond motifs is 16. The molecular formula is C53H29N5O. The van der Waals surface area contributed by atoms with E-state index in [-0.39, 0.29) is 0 Å². The van der Waals surface area contributed by atoms with Crippen molar-refractivity contribution in [2.75, 3.05) is 0 Å². The third-order valence-electron chi connectivity index (χ3n) is 12.5. The predicted molar refractivity (Wildman–Crippen MR) is 233 cm³/mol. The molecule has 6 nitrogen and oxygen atoms in total. The molecule has 0 unspecified atom stereocenters. The Balaban J connectivity index is 1.10. The zero-order chi connectivity index (χ0) is 38.8. The lowest BCUT2D eigenvalue weighted by Gasteiger charge is -2.30. The van der Waals surface area contributed by atoms with Crippen molar-refractivity contribution < 1.29 is 4.42 Å². The van der Waals surface area contributed by atoms with E-state index in [4.69, 9.17) is 19.4 Å². The highest BCUT2D eigenvalue weighted by molar-refractivity contribution is 6.12. The van der Waals surface area contributed by atoms with E-state index in [0.29, 0.717) is 23.2 Å². The lowest BCUT2D eigenvalue weighted by Crippen LogP contribution is -2.25. The highest BCUT2D eigenvalue weighted by atomic mass is 16.3. The molecule has 13 rings (SSSR count). The van der Waals surface area contributed by atoms with Crippen LogP contribution in [0.4, 0.5) is 0 Å². The number of benzene rings is 8. The molecule has 0 fully saturated rings. The van der Waals surface area contributed by atoms with Gasteiger partial charge in [-0.05, 0) is 105 Å². The molecule has 0 saturated heterocycles. The second-order valence-corrected chi connectivity index (χ2v) is 15.4. The number of nitriles is 1. The maximum Gasteiger partial charge on any atom is 0.238 e. The lowest BCUT2D eigenvalue weighted by molar-refractivity contribution is 0.669. The summed E-state index contributed by atoms with van der Waals surface area (Å²) in [6.07, 6.45) is 0. The molecule has 0 atom stereocenters. The van der Waals surface area contributed by atoms with E-state index in [9.17, 15) is 5.26 Å². The van der Waals surface area contributed by atoms with Crippen molar-refractivity contribution >= 4 is 43.7 Å². The van der Waals surface area contributed by atoms with Gasteiger partial charge in [0.15, 0.2) is 11.6 Å². The monoisotopic (exact) mass is 751 g/mol. The van der Waals surface area contributed by atoms with Gasteiger partial charge in [0.05, 0.1) is 28.1 Å². The van der Waals surface area contributed by atoms with Crippen LogP contribution in [0.2, 0.25) is 0 Å². The van der Waals surface area contributed by atoms with E-state index in [2.05, 4.69) is 138 Å². The van der Waals surface area contributed by atoms with Crippen molar-refractivity contribution in [2.24, 2.45) is 0 Å². The molecule has 2 aliphatic carbocycles. The van der Waals surface area contributed by atoms with E-state index in [1.807, 2.05) is 36.4 Å². The van der Waals surface area contributed by atoms with E-state index in [1.54, 1.807) is 12.1 Å². The van der Waals surface area contributed by atoms with Crippen LogP contribution in [0.1, 0.15) is 27.8 Å². The van der Waals surface area contributed by atoms with Crippen LogP contribution < -0.4 is 0 Å². The van der Waals surface area contributed by atoms with E-state index in [1.165, 1.54) is 44.5 Å². The summed E-state index contributed by atoms with van der Waals surface area (Å²) in [7, 11) is 0. The van der Waals surface area contributed by atoms with Crippen molar-refractivity contribution in [1.82, 2.24) is 19.5 Å². The Morgan fingerprint density at radius 3 is 1.73 bits per heavy atom. The number of furan rings is 1. The molecule has 59 heavy (non-hydrogen) atoms. The number of hydrogen-bond donors (Lipinski definition) is 0. The Morgan fingerprint density at radius 1 is 0.441 bits per heavy atom. The van der Waals surface area contributed by atoms with Crippen LogP contribution in [-0.2, 0) is 5.41 Å². The summed E-state index contributed by atoms with van der Waals surface area (Å²) in [4.78, 5) is 15.6. The summed E-state index contributed by atoms with van der Waals surface area (Å²) in [6, 6.07) is 63.9. The van der Waals surface area contributed by atoms with Crippen molar-refractivity contribution in [3.8, 4) is 57.0 Å². The van der Waals surface area contributed by atoms with Gasteiger partial charge < -0.3 is 4.42 Å². The SMILES string of the molecule is N#Cc1ccc(-c2nc(-c3ccc4c(c3)oc3ccccc34)nc(-n3c4ccccc4c4cc5c(cc43)-c3ccccc3C53c4ccccc4-c4ccccc43)n2)cc1. The fourth-order valence-corrected chi connectivity index (χ4v) is 10.1. The van der Waals surface area contributed by atoms with Gasteiger partial charge in [-0.1, -0.05) is 115 Å². The quantitative estimate of drug-likeness (QED) is 0.180. The van der Waals surface area contributed by atoms with Crippen LogP contribution in [0.25, 0.3) is 94.7 Å². The number of nitrogens with zero attached hydrogens (tertiary/aromatic N) is 5. The Labute approximate surface area is 337 Å². The van der Waals surface area contributed by atoms with Crippen LogP contribution in [0, 0.1) is 11.3 Å². The Kier molecular flexibility index (Phi) is 6.35. The molecule has 3 heterocycles. The number of rotatable bonds is 3. The van der Waals surface area contributed by atoms with Gasteiger partial charge in [0.1, 0.15) is 11.2 Å². The van der Waals surface area contributed by atoms with Crippen LogP contribution in [0.3, 0.4) is 0 Å². The molecule has 11 aromatic rings. The Hall–Kier alpha value is -8.14. The van der Waals surface area contributed by atoms with Crippen molar-refractivity contribution in [3.63, 3.8) is 0 Å². The smallest absolute Gasteiger partial charge is 0.238 e. The van der Waals surface area contributed by atoms with Gasteiger partial charge in [0, 0.05) is 32.7 Å². The van der Waals surface area contributed by atoms with Gasteiger partial charge in [-0.3, -0.25) is 4.57 Å².